The van der Waals surface area contributed by atoms with Gasteiger partial charge in [0.1, 0.15) is 0 Å². The molecule has 0 bridgehead atoms. The average Bonchev–Trinajstić information content (AvgIpc) is 2.93. The lowest BCUT2D eigenvalue weighted by Crippen LogP contribution is -2.50. The van der Waals surface area contributed by atoms with Crippen molar-refractivity contribution in [2.24, 2.45) is 11.8 Å². The minimum Gasteiger partial charge on any atom is -0.481 e. The predicted molar refractivity (Wildman–Crippen MR) is 73.7 cm³/mol. The summed E-state index contributed by atoms with van der Waals surface area (Å²) in [5.74, 6) is -5.24. The molecule has 4 atom stereocenters. The van der Waals surface area contributed by atoms with E-state index in [0.29, 0.717) is 13.0 Å². The highest BCUT2D eigenvalue weighted by Crippen LogP contribution is 2.37. The number of carbonyl (C=O) groups excluding carboxylic acids is 1. The molecule has 0 aromatic heterocycles. The second-order valence-electron chi connectivity index (χ2n) is 5.77. The Labute approximate surface area is 131 Å². The number of aliphatic carboxylic acids is 1. The van der Waals surface area contributed by atoms with E-state index in [-0.39, 0.29) is 6.04 Å². The topological polar surface area (TPSA) is 78.9 Å². The molecule has 0 aliphatic carbocycles. The summed E-state index contributed by atoms with van der Waals surface area (Å²) in [4.78, 5) is 24.1. The van der Waals surface area contributed by atoms with Gasteiger partial charge >= 0.3 is 18.2 Å². The van der Waals surface area contributed by atoms with Crippen LogP contribution in [0.3, 0.4) is 0 Å². The van der Waals surface area contributed by atoms with E-state index in [1.807, 2.05) is 0 Å². The molecule has 2 N–H and O–H groups in total. The van der Waals surface area contributed by atoms with Gasteiger partial charge in [-0.05, 0) is 12.8 Å². The Morgan fingerprint density at radius 2 is 2.04 bits per heavy atom. The molecule has 2 saturated heterocycles. The molecule has 2 amide bonds. The summed E-state index contributed by atoms with van der Waals surface area (Å²) in [7, 11) is 0. The second kappa shape index (κ2) is 6.77. The van der Waals surface area contributed by atoms with Crippen molar-refractivity contribution < 1.29 is 32.6 Å². The van der Waals surface area contributed by atoms with E-state index in [2.05, 4.69) is 11.9 Å². The molecule has 2 fully saturated rings. The van der Waals surface area contributed by atoms with Gasteiger partial charge < -0.3 is 20.1 Å². The van der Waals surface area contributed by atoms with Crippen LogP contribution < -0.4 is 5.32 Å². The van der Waals surface area contributed by atoms with Gasteiger partial charge in [0.15, 0.2) is 0 Å². The van der Waals surface area contributed by atoms with Crippen molar-refractivity contribution in [3.05, 3.63) is 12.7 Å². The molecule has 2 aliphatic heterocycles. The first-order chi connectivity index (χ1) is 10.7. The zero-order valence-electron chi connectivity index (χ0n) is 12.4. The molecule has 0 aromatic carbocycles. The molecular weight excluding hydrogens is 317 g/mol. The standard InChI is InChI=1S/C14H19F3N2O4/c1-2-11-10(4-3-5-23-11)18-13(22)19-6-8(12(20)21)9(7-19)14(15,16)17/h2,8-11H,1,3-7H2,(H,18,22)(H,20,21)/t8-,9-,10-,11+/m1/s1. The van der Waals surface area contributed by atoms with Crippen molar-refractivity contribution in [3.63, 3.8) is 0 Å². The van der Waals surface area contributed by atoms with Gasteiger partial charge in [0, 0.05) is 19.7 Å². The normalized spacial score (nSPS) is 31.7. The number of hydrogen-bond donors (Lipinski definition) is 2. The van der Waals surface area contributed by atoms with Gasteiger partial charge in [-0.25, -0.2) is 4.79 Å². The summed E-state index contributed by atoms with van der Waals surface area (Å²) in [5.41, 5.74) is 0. The van der Waals surface area contributed by atoms with Gasteiger partial charge in [0.05, 0.1) is 24.0 Å². The molecule has 130 valence electrons. The van der Waals surface area contributed by atoms with E-state index in [9.17, 15) is 22.8 Å². The third-order valence-corrected chi connectivity index (χ3v) is 4.25. The van der Waals surface area contributed by atoms with Gasteiger partial charge in [0.2, 0.25) is 0 Å². The number of carboxylic acids is 1. The molecule has 0 unspecified atom stereocenters. The van der Waals surface area contributed by atoms with Gasteiger partial charge in [-0.2, -0.15) is 13.2 Å². The quantitative estimate of drug-likeness (QED) is 0.768. The fraction of sp³-hybridized carbons (Fsp3) is 0.714. The number of likely N-dealkylation sites (tertiary alicyclic amines) is 1. The van der Waals surface area contributed by atoms with E-state index in [0.717, 1.165) is 11.3 Å². The van der Waals surface area contributed by atoms with Gasteiger partial charge in [-0.1, -0.05) is 6.08 Å². The summed E-state index contributed by atoms with van der Waals surface area (Å²) < 4.78 is 44.2. The Kier molecular flexibility index (Phi) is 5.18. The second-order valence-corrected chi connectivity index (χ2v) is 5.77. The highest BCUT2D eigenvalue weighted by atomic mass is 19.4. The zero-order chi connectivity index (χ0) is 17.2. The first-order valence-corrected chi connectivity index (χ1v) is 7.33. The summed E-state index contributed by atoms with van der Waals surface area (Å²) in [5, 5.41) is 11.6. The Bertz CT molecular complexity index is 483. The number of urea groups is 1. The van der Waals surface area contributed by atoms with Crippen molar-refractivity contribution in [2.75, 3.05) is 19.7 Å². The number of hydrogen-bond acceptors (Lipinski definition) is 3. The lowest BCUT2D eigenvalue weighted by Gasteiger charge is -2.31. The molecule has 0 spiro atoms. The lowest BCUT2D eigenvalue weighted by molar-refractivity contribution is -0.187. The maximum atomic E-state index is 12.9. The van der Waals surface area contributed by atoms with Crippen molar-refractivity contribution in [3.8, 4) is 0 Å². The molecule has 2 rings (SSSR count). The summed E-state index contributed by atoms with van der Waals surface area (Å²) in [6, 6.07) is -1.08. The van der Waals surface area contributed by atoms with Gasteiger partial charge in [0.25, 0.3) is 0 Å². The van der Waals surface area contributed by atoms with Crippen LogP contribution in [-0.2, 0) is 9.53 Å². The number of halogens is 3. The number of alkyl halides is 3. The molecule has 9 heteroatoms. The zero-order valence-corrected chi connectivity index (χ0v) is 12.4. The smallest absolute Gasteiger partial charge is 0.394 e. The van der Waals surface area contributed by atoms with Crippen molar-refractivity contribution in [1.29, 1.82) is 0 Å². The minimum atomic E-state index is -4.66. The first kappa shape index (κ1) is 17.6. The third kappa shape index (κ3) is 3.95. The van der Waals surface area contributed by atoms with Crippen LogP contribution in [0.25, 0.3) is 0 Å². The average molecular weight is 336 g/mol. The number of carbonyl (C=O) groups is 2. The predicted octanol–water partition coefficient (Wildman–Crippen LogP) is 1.62. The fourth-order valence-corrected chi connectivity index (χ4v) is 2.99. The van der Waals surface area contributed by atoms with E-state index < -0.39 is 49.2 Å². The van der Waals surface area contributed by atoms with Crippen LogP contribution in [0.5, 0.6) is 0 Å². The Balaban J connectivity index is 2.02. The van der Waals surface area contributed by atoms with Crippen molar-refractivity contribution >= 4 is 12.0 Å². The first-order valence-electron chi connectivity index (χ1n) is 7.33. The van der Waals surface area contributed by atoms with Crippen LogP contribution in [0.1, 0.15) is 12.8 Å². The SMILES string of the molecule is C=C[C@@H]1OCCC[C@H]1NC(=O)N1C[C@@H](C(F)(F)F)[C@H](C(=O)O)C1. The lowest BCUT2D eigenvalue weighted by atomic mass is 9.96. The monoisotopic (exact) mass is 336 g/mol. The van der Waals surface area contributed by atoms with Crippen molar-refractivity contribution in [1.82, 2.24) is 10.2 Å². The third-order valence-electron chi connectivity index (χ3n) is 4.25. The van der Waals surface area contributed by atoms with Crippen LogP contribution in [0.15, 0.2) is 12.7 Å². The molecule has 0 saturated carbocycles. The Morgan fingerprint density at radius 3 is 2.57 bits per heavy atom. The maximum absolute atomic E-state index is 12.9. The largest absolute Gasteiger partial charge is 0.481 e. The number of amides is 2. The Morgan fingerprint density at radius 1 is 1.35 bits per heavy atom. The molecule has 6 nitrogen and oxygen atoms in total. The highest BCUT2D eigenvalue weighted by molar-refractivity contribution is 5.78. The number of nitrogens with one attached hydrogen (secondary N) is 1. The molecule has 2 aliphatic rings. The van der Waals surface area contributed by atoms with Crippen LogP contribution >= 0.6 is 0 Å². The fourth-order valence-electron chi connectivity index (χ4n) is 2.99. The maximum Gasteiger partial charge on any atom is 0.394 e. The van der Waals surface area contributed by atoms with E-state index in [4.69, 9.17) is 9.84 Å². The number of ether oxygens (including phenoxy) is 1. The van der Waals surface area contributed by atoms with E-state index in [1.165, 1.54) is 6.08 Å². The number of carboxylic acid groups (broad SMARTS) is 1. The van der Waals surface area contributed by atoms with Crippen molar-refractivity contribution in [2.45, 2.75) is 31.2 Å². The molecular formula is C14H19F3N2O4. The molecule has 0 radical (unpaired) electrons. The Hall–Kier alpha value is -1.77. The highest BCUT2D eigenvalue weighted by Gasteiger charge is 2.53. The summed E-state index contributed by atoms with van der Waals surface area (Å²) >= 11 is 0. The van der Waals surface area contributed by atoms with Gasteiger partial charge in [-0.3, -0.25) is 4.79 Å². The minimum absolute atomic E-state index is 0.373. The van der Waals surface area contributed by atoms with Gasteiger partial charge in [-0.15, -0.1) is 6.58 Å². The molecule has 23 heavy (non-hydrogen) atoms. The van der Waals surface area contributed by atoms with Crippen LogP contribution in [0.4, 0.5) is 18.0 Å². The molecule has 0 aromatic rings. The molecule has 2 heterocycles. The number of nitrogens with zero attached hydrogens (tertiary/aromatic N) is 1. The summed E-state index contributed by atoms with van der Waals surface area (Å²) in [6.45, 7) is 3.02. The van der Waals surface area contributed by atoms with Crippen LogP contribution in [0.2, 0.25) is 0 Å². The summed E-state index contributed by atoms with van der Waals surface area (Å²) in [6.07, 6.45) is -2.17. The number of rotatable bonds is 3. The van der Waals surface area contributed by atoms with Crippen LogP contribution in [0, 0.1) is 11.8 Å². The van der Waals surface area contributed by atoms with Crippen LogP contribution in [-0.4, -0.2) is 60.0 Å². The van der Waals surface area contributed by atoms with E-state index in [1.54, 1.807) is 0 Å². The van der Waals surface area contributed by atoms with E-state index >= 15 is 0 Å².